The molecule has 1 aromatic heterocycles. The summed E-state index contributed by atoms with van der Waals surface area (Å²) in [4.78, 5) is 22.8. The second kappa shape index (κ2) is 8.01. The lowest BCUT2D eigenvalue weighted by atomic mass is 10.1. The molecule has 0 saturated heterocycles. The molecule has 0 spiro atoms. The number of furan rings is 1. The van der Waals surface area contributed by atoms with Gasteiger partial charge in [-0.25, -0.2) is 15.0 Å². The van der Waals surface area contributed by atoms with E-state index in [-0.39, 0.29) is 5.56 Å². The largest absolute Gasteiger partial charge is 0.478 e. The Kier molecular flexibility index (Phi) is 5.32. The molecule has 0 saturated carbocycles. The Hall–Kier alpha value is -3.87. The van der Waals surface area contributed by atoms with Gasteiger partial charge < -0.3 is 14.8 Å². The fraction of sp³-hybridized carbons (Fsp3) is 0.0500. The first-order valence-electron chi connectivity index (χ1n) is 8.11. The normalized spacial score (nSPS) is 10.7. The van der Waals surface area contributed by atoms with Gasteiger partial charge in [0, 0.05) is 11.3 Å². The van der Waals surface area contributed by atoms with Crippen LogP contribution in [0.4, 0.5) is 10.5 Å². The molecule has 0 aliphatic heterocycles. The molecule has 1 heterocycles. The summed E-state index contributed by atoms with van der Waals surface area (Å²) in [5.41, 5.74) is 4.92. The maximum absolute atomic E-state index is 11.8. The van der Waals surface area contributed by atoms with E-state index in [2.05, 4.69) is 15.8 Å². The average Bonchev–Trinajstić information content (AvgIpc) is 3.13. The number of anilines is 1. The molecule has 3 rings (SSSR count). The zero-order valence-corrected chi connectivity index (χ0v) is 14.5. The van der Waals surface area contributed by atoms with Crippen molar-refractivity contribution in [3.63, 3.8) is 0 Å². The number of nitrogens with zero attached hydrogens (tertiary/aromatic N) is 1. The highest BCUT2D eigenvalue weighted by molar-refractivity contribution is 5.90. The van der Waals surface area contributed by atoms with Gasteiger partial charge in [0.1, 0.15) is 11.5 Å². The third kappa shape index (κ3) is 4.82. The van der Waals surface area contributed by atoms with Gasteiger partial charge in [-0.1, -0.05) is 29.8 Å². The molecule has 0 unspecified atom stereocenters. The number of aromatic carboxylic acids is 1. The van der Waals surface area contributed by atoms with Crippen molar-refractivity contribution >= 4 is 23.9 Å². The van der Waals surface area contributed by atoms with Crippen LogP contribution in [-0.2, 0) is 0 Å². The van der Waals surface area contributed by atoms with Crippen LogP contribution in [0.25, 0.3) is 11.3 Å². The van der Waals surface area contributed by atoms with Crippen LogP contribution in [0, 0.1) is 6.92 Å². The molecule has 7 heteroatoms. The third-order valence-electron chi connectivity index (χ3n) is 3.69. The molecule has 7 nitrogen and oxygen atoms in total. The van der Waals surface area contributed by atoms with Gasteiger partial charge in [0.05, 0.1) is 11.8 Å². The highest BCUT2D eigenvalue weighted by Crippen LogP contribution is 2.22. The summed E-state index contributed by atoms with van der Waals surface area (Å²) in [5, 5.41) is 15.5. The lowest BCUT2D eigenvalue weighted by Crippen LogP contribution is -2.24. The standard InChI is InChI=1S/C20H17N3O4/c1-13-5-7-16(8-6-13)22-20(26)23-21-12-17-9-10-18(27-17)14-3-2-4-15(11-14)19(24)25/h2-12H,1H3,(H,24,25)(H2,22,23,26). The number of aryl methyl sites for hydroxylation is 1. The van der Waals surface area contributed by atoms with Crippen molar-refractivity contribution in [2.75, 3.05) is 5.32 Å². The first-order chi connectivity index (χ1) is 13.0. The first kappa shape index (κ1) is 17.9. The maximum atomic E-state index is 11.8. The number of amides is 2. The van der Waals surface area contributed by atoms with Gasteiger partial charge in [0.2, 0.25) is 0 Å². The smallest absolute Gasteiger partial charge is 0.339 e. The summed E-state index contributed by atoms with van der Waals surface area (Å²) in [6, 6.07) is 16.7. The summed E-state index contributed by atoms with van der Waals surface area (Å²) in [6.07, 6.45) is 1.36. The van der Waals surface area contributed by atoms with Gasteiger partial charge >= 0.3 is 12.0 Å². The van der Waals surface area contributed by atoms with E-state index < -0.39 is 12.0 Å². The summed E-state index contributed by atoms with van der Waals surface area (Å²) in [7, 11) is 0. The SMILES string of the molecule is Cc1ccc(NC(=O)NN=Cc2ccc(-c3cccc(C(=O)O)c3)o2)cc1. The summed E-state index contributed by atoms with van der Waals surface area (Å²) in [6.45, 7) is 1.96. The fourth-order valence-electron chi connectivity index (χ4n) is 2.33. The Morgan fingerprint density at radius 2 is 1.85 bits per heavy atom. The lowest BCUT2D eigenvalue weighted by molar-refractivity contribution is 0.0697. The van der Waals surface area contributed by atoms with Crippen molar-refractivity contribution in [1.82, 2.24) is 5.43 Å². The van der Waals surface area contributed by atoms with Crippen LogP contribution in [0.1, 0.15) is 21.7 Å². The summed E-state index contributed by atoms with van der Waals surface area (Å²) in [5.74, 6) is -0.0843. The number of hydrogen-bond donors (Lipinski definition) is 3. The molecular weight excluding hydrogens is 346 g/mol. The van der Waals surface area contributed by atoms with Crippen molar-refractivity contribution in [3.05, 3.63) is 77.6 Å². The Labute approximate surface area is 155 Å². The van der Waals surface area contributed by atoms with Crippen LogP contribution in [0.5, 0.6) is 0 Å². The molecule has 0 fully saturated rings. The summed E-state index contributed by atoms with van der Waals surface area (Å²) < 4.78 is 5.60. The predicted molar refractivity (Wildman–Crippen MR) is 102 cm³/mol. The quantitative estimate of drug-likeness (QED) is 0.469. The van der Waals surface area contributed by atoms with E-state index in [9.17, 15) is 9.59 Å². The number of carboxylic acid groups (broad SMARTS) is 1. The molecular formula is C20H17N3O4. The molecule has 2 amide bonds. The second-order valence-electron chi connectivity index (χ2n) is 5.78. The average molecular weight is 363 g/mol. The zero-order valence-electron chi connectivity index (χ0n) is 14.5. The van der Waals surface area contributed by atoms with Crippen LogP contribution < -0.4 is 10.7 Å². The number of hydrazone groups is 1. The number of rotatable bonds is 5. The Balaban J connectivity index is 1.60. The minimum absolute atomic E-state index is 0.175. The molecule has 0 aliphatic rings. The van der Waals surface area contributed by atoms with Crippen molar-refractivity contribution in [2.45, 2.75) is 6.92 Å². The van der Waals surface area contributed by atoms with Crippen molar-refractivity contribution in [2.24, 2.45) is 5.10 Å². The van der Waals surface area contributed by atoms with Crippen LogP contribution in [0.2, 0.25) is 0 Å². The molecule has 3 N–H and O–H groups in total. The van der Waals surface area contributed by atoms with Crippen LogP contribution in [-0.4, -0.2) is 23.3 Å². The maximum Gasteiger partial charge on any atom is 0.339 e. The van der Waals surface area contributed by atoms with Crippen molar-refractivity contribution in [3.8, 4) is 11.3 Å². The number of hydrogen-bond acceptors (Lipinski definition) is 4. The Morgan fingerprint density at radius 1 is 1.07 bits per heavy atom. The minimum Gasteiger partial charge on any atom is -0.478 e. The molecule has 0 atom stereocenters. The molecule has 0 aliphatic carbocycles. The van der Waals surface area contributed by atoms with Crippen molar-refractivity contribution in [1.29, 1.82) is 0 Å². The van der Waals surface area contributed by atoms with E-state index in [1.807, 2.05) is 19.1 Å². The molecule has 0 radical (unpaired) electrons. The number of urea groups is 1. The molecule has 0 bridgehead atoms. The Bertz CT molecular complexity index is 990. The Morgan fingerprint density at radius 3 is 2.59 bits per heavy atom. The first-order valence-corrected chi connectivity index (χ1v) is 8.11. The number of carbonyl (C=O) groups excluding carboxylic acids is 1. The number of nitrogens with one attached hydrogen (secondary N) is 2. The fourth-order valence-corrected chi connectivity index (χ4v) is 2.33. The van der Waals surface area contributed by atoms with Crippen LogP contribution >= 0.6 is 0 Å². The third-order valence-corrected chi connectivity index (χ3v) is 3.69. The lowest BCUT2D eigenvalue weighted by Gasteiger charge is -2.03. The predicted octanol–water partition coefficient (Wildman–Crippen LogP) is 4.11. The van der Waals surface area contributed by atoms with E-state index in [1.54, 1.807) is 36.4 Å². The highest BCUT2D eigenvalue weighted by atomic mass is 16.4. The van der Waals surface area contributed by atoms with Crippen LogP contribution in [0.15, 0.2) is 70.2 Å². The molecule has 3 aromatic rings. The van der Waals surface area contributed by atoms with E-state index in [0.717, 1.165) is 5.56 Å². The number of benzene rings is 2. The van der Waals surface area contributed by atoms with E-state index in [1.165, 1.54) is 18.3 Å². The van der Waals surface area contributed by atoms with Gasteiger partial charge in [-0.2, -0.15) is 5.10 Å². The highest BCUT2D eigenvalue weighted by Gasteiger charge is 2.08. The number of carbonyl (C=O) groups is 2. The van der Waals surface area contributed by atoms with Gasteiger partial charge in [0.25, 0.3) is 0 Å². The van der Waals surface area contributed by atoms with Gasteiger partial charge in [-0.05, 0) is 43.3 Å². The second-order valence-corrected chi connectivity index (χ2v) is 5.78. The van der Waals surface area contributed by atoms with Crippen molar-refractivity contribution < 1.29 is 19.1 Å². The minimum atomic E-state index is -1.01. The summed E-state index contributed by atoms with van der Waals surface area (Å²) >= 11 is 0. The van der Waals surface area contributed by atoms with Gasteiger partial charge in [-0.3, -0.25) is 0 Å². The van der Waals surface area contributed by atoms with E-state index in [0.29, 0.717) is 22.8 Å². The van der Waals surface area contributed by atoms with Crippen LogP contribution in [0.3, 0.4) is 0 Å². The van der Waals surface area contributed by atoms with Gasteiger partial charge in [0.15, 0.2) is 0 Å². The van der Waals surface area contributed by atoms with E-state index >= 15 is 0 Å². The molecule has 2 aromatic carbocycles. The monoisotopic (exact) mass is 363 g/mol. The zero-order chi connectivity index (χ0) is 19.2. The van der Waals surface area contributed by atoms with Gasteiger partial charge in [-0.15, -0.1) is 0 Å². The molecule has 27 heavy (non-hydrogen) atoms. The van der Waals surface area contributed by atoms with E-state index in [4.69, 9.17) is 9.52 Å². The topological polar surface area (TPSA) is 104 Å². The molecule has 136 valence electrons. The number of carboxylic acids is 1.